The molecule has 0 bridgehead atoms. The van der Waals surface area contributed by atoms with E-state index < -0.39 is 0 Å². The molecule has 0 fully saturated rings. The van der Waals surface area contributed by atoms with Crippen molar-refractivity contribution in [2.75, 3.05) is 0 Å². The summed E-state index contributed by atoms with van der Waals surface area (Å²) in [4.78, 5) is 9.60. The van der Waals surface area contributed by atoms with Gasteiger partial charge in [0.25, 0.3) is 0 Å². The summed E-state index contributed by atoms with van der Waals surface area (Å²) >= 11 is 0. The van der Waals surface area contributed by atoms with Crippen molar-refractivity contribution in [3.05, 3.63) is 199 Å². The first-order chi connectivity index (χ1) is 30.3. The molecule has 6 heteroatoms. The van der Waals surface area contributed by atoms with Gasteiger partial charge in [-0.05, 0) is 106 Å². The Morgan fingerprint density at radius 1 is 0.619 bits per heavy atom. The molecule has 0 amide bonds. The molecule has 0 saturated heterocycles. The van der Waals surface area contributed by atoms with Gasteiger partial charge in [-0.25, -0.2) is 0 Å². The fourth-order valence-corrected chi connectivity index (χ4v) is 8.50. The van der Waals surface area contributed by atoms with Gasteiger partial charge < -0.3 is 18.4 Å². The standard InChI is InChI=1S/C46H37N2O2.C11H8N.Ir/c1-27(2)34-23-32(30-14-8-6-9-15-30)24-35(28(3)4)44(34)48-39-19-13-12-18-38(39)47-46(48)37-26-42-36(25-40(49-42)31-16-10-7-11-17-31)43-33-21-20-29(5)22-41(33)50-45(37)43;1-2-6-10(7-3-1)11-8-4-5-9-12-11;/h6-25,27-28H,1-5H3;1-6,8-9H;/q2*-1;. The molecule has 0 aliphatic carbocycles. The average Bonchev–Trinajstić information content (AvgIpc) is 4.03. The Kier molecular flexibility index (Phi) is 11.5. The number of hydrogen-bond acceptors (Lipinski definition) is 4. The third kappa shape index (κ3) is 7.82. The largest absolute Gasteiger partial charge is 0.501 e. The topological polar surface area (TPSA) is 57.0 Å². The molecule has 0 atom stereocenters. The summed E-state index contributed by atoms with van der Waals surface area (Å²) < 4.78 is 15.8. The molecule has 0 unspecified atom stereocenters. The van der Waals surface area contributed by atoms with E-state index in [1.807, 2.05) is 60.7 Å². The van der Waals surface area contributed by atoms with Gasteiger partial charge in [-0.3, -0.25) is 4.98 Å². The molecular formula is C57H45IrN3O2-2. The number of aromatic nitrogens is 3. The zero-order valence-corrected chi connectivity index (χ0v) is 38.2. The van der Waals surface area contributed by atoms with Gasteiger partial charge in [0.1, 0.15) is 11.3 Å². The molecule has 11 aromatic rings. The number of para-hydroxylation sites is 2. The minimum atomic E-state index is 0. The monoisotopic (exact) mass is 996 g/mol. The first-order valence-corrected chi connectivity index (χ1v) is 21.3. The number of nitrogens with zero attached hydrogens (tertiary/aromatic N) is 3. The van der Waals surface area contributed by atoms with Crippen molar-refractivity contribution in [1.82, 2.24) is 14.5 Å². The average molecular weight is 996 g/mol. The zero-order chi connectivity index (χ0) is 42.3. The van der Waals surface area contributed by atoms with Crippen LogP contribution in [-0.2, 0) is 20.1 Å². The van der Waals surface area contributed by atoms with Gasteiger partial charge in [-0.2, -0.15) is 0 Å². The molecule has 63 heavy (non-hydrogen) atoms. The van der Waals surface area contributed by atoms with Gasteiger partial charge in [0.15, 0.2) is 0 Å². The van der Waals surface area contributed by atoms with Crippen LogP contribution in [0.2, 0.25) is 0 Å². The van der Waals surface area contributed by atoms with Gasteiger partial charge >= 0.3 is 0 Å². The van der Waals surface area contributed by atoms with E-state index in [0.717, 1.165) is 83.6 Å². The number of hydrogen-bond donors (Lipinski definition) is 0. The predicted octanol–water partition coefficient (Wildman–Crippen LogP) is 15.6. The fourth-order valence-electron chi connectivity index (χ4n) is 8.50. The summed E-state index contributed by atoms with van der Waals surface area (Å²) in [5, 5.41) is 3.04. The van der Waals surface area contributed by atoms with E-state index in [-0.39, 0.29) is 31.9 Å². The van der Waals surface area contributed by atoms with E-state index in [0.29, 0.717) is 5.58 Å². The molecule has 5 nitrogen and oxygen atoms in total. The summed E-state index contributed by atoms with van der Waals surface area (Å²) in [6, 6.07) is 63.1. The summed E-state index contributed by atoms with van der Waals surface area (Å²) in [6.07, 6.45) is 1.79. The van der Waals surface area contributed by atoms with Crippen LogP contribution in [0.5, 0.6) is 0 Å². The molecule has 11 rings (SSSR count). The molecule has 4 heterocycles. The molecule has 311 valence electrons. The van der Waals surface area contributed by atoms with Crippen molar-refractivity contribution in [3.8, 4) is 50.8 Å². The Hall–Kier alpha value is -6.85. The van der Waals surface area contributed by atoms with Crippen molar-refractivity contribution >= 4 is 43.9 Å². The quantitative estimate of drug-likeness (QED) is 0.149. The Morgan fingerprint density at radius 2 is 1.30 bits per heavy atom. The number of benzene rings is 7. The van der Waals surface area contributed by atoms with E-state index in [1.165, 1.54) is 22.3 Å². The molecule has 0 aliphatic heterocycles. The summed E-state index contributed by atoms with van der Waals surface area (Å²) in [7, 11) is 0. The van der Waals surface area contributed by atoms with E-state index in [9.17, 15) is 0 Å². The van der Waals surface area contributed by atoms with E-state index in [2.05, 4.69) is 159 Å². The van der Waals surface area contributed by atoms with Crippen LogP contribution in [0.4, 0.5) is 0 Å². The van der Waals surface area contributed by atoms with Crippen molar-refractivity contribution in [2.45, 2.75) is 46.5 Å². The van der Waals surface area contributed by atoms with Crippen LogP contribution in [-0.4, -0.2) is 14.5 Å². The van der Waals surface area contributed by atoms with Crippen LogP contribution in [0.15, 0.2) is 179 Å². The van der Waals surface area contributed by atoms with Gasteiger partial charge in [0, 0.05) is 42.9 Å². The summed E-state index contributed by atoms with van der Waals surface area (Å²) in [6.45, 7) is 11.2. The molecule has 1 radical (unpaired) electrons. The smallest absolute Gasteiger partial charge is 0.123 e. The first-order valence-electron chi connectivity index (χ1n) is 21.3. The van der Waals surface area contributed by atoms with Crippen LogP contribution < -0.4 is 0 Å². The number of rotatable bonds is 7. The molecular weight excluding hydrogens is 951 g/mol. The van der Waals surface area contributed by atoms with Crippen LogP contribution >= 0.6 is 0 Å². The molecule has 0 saturated carbocycles. The van der Waals surface area contributed by atoms with Crippen LogP contribution in [0.1, 0.15) is 56.2 Å². The Morgan fingerprint density at radius 3 is 1.98 bits per heavy atom. The maximum atomic E-state index is 6.83. The second-order valence-corrected chi connectivity index (χ2v) is 16.5. The number of pyridine rings is 1. The van der Waals surface area contributed by atoms with Gasteiger partial charge in [-0.15, -0.1) is 35.9 Å². The van der Waals surface area contributed by atoms with Gasteiger partial charge in [0.05, 0.1) is 28.0 Å². The van der Waals surface area contributed by atoms with Crippen LogP contribution in [0.25, 0.3) is 94.7 Å². The maximum Gasteiger partial charge on any atom is 0.123 e. The Bertz CT molecular complexity index is 3280. The Balaban J connectivity index is 0.000000335. The third-order valence-corrected chi connectivity index (χ3v) is 11.5. The molecule has 0 N–H and O–H groups in total. The van der Waals surface area contributed by atoms with Crippen molar-refractivity contribution in [3.63, 3.8) is 0 Å². The molecule has 0 aliphatic rings. The maximum absolute atomic E-state index is 6.83. The SMILES string of the molecule is Cc1ccc2c(c1)oc1c(-c3nc4ccccc4n3-c3c(C(C)C)cc(-c4ccccc4)cc3C(C)C)[c-]c3oc(-c4ccccc4)cc3c12.[Ir].[c-]1ccccc1-c1ccccn1. The predicted molar refractivity (Wildman–Crippen MR) is 255 cm³/mol. The molecule has 4 aromatic heterocycles. The number of fused-ring (bicyclic) bond motifs is 6. The van der Waals surface area contributed by atoms with Crippen molar-refractivity contribution in [2.24, 2.45) is 0 Å². The normalized spacial score (nSPS) is 11.4. The van der Waals surface area contributed by atoms with Gasteiger partial charge in [0.2, 0.25) is 0 Å². The summed E-state index contributed by atoms with van der Waals surface area (Å²) in [5.41, 5.74) is 15.3. The van der Waals surface area contributed by atoms with E-state index in [1.54, 1.807) is 6.20 Å². The minimum absolute atomic E-state index is 0. The number of furan rings is 2. The third-order valence-electron chi connectivity index (χ3n) is 11.5. The number of aryl methyl sites for hydroxylation is 1. The Labute approximate surface area is 381 Å². The second kappa shape index (κ2) is 17.5. The molecule has 7 aromatic carbocycles. The van der Waals surface area contributed by atoms with Crippen molar-refractivity contribution < 1.29 is 28.9 Å². The first kappa shape index (κ1) is 41.5. The van der Waals surface area contributed by atoms with Crippen molar-refractivity contribution in [1.29, 1.82) is 0 Å². The zero-order valence-electron chi connectivity index (χ0n) is 35.8. The fraction of sp³-hybridized carbons (Fsp3) is 0.123. The van der Waals surface area contributed by atoms with Crippen LogP contribution in [0.3, 0.4) is 0 Å². The number of imidazole rings is 1. The molecule has 0 spiro atoms. The van der Waals surface area contributed by atoms with E-state index in [4.69, 9.17) is 13.8 Å². The van der Waals surface area contributed by atoms with Gasteiger partial charge in [-0.1, -0.05) is 136 Å². The summed E-state index contributed by atoms with van der Waals surface area (Å²) in [5.74, 6) is 2.08. The minimum Gasteiger partial charge on any atom is -0.501 e. The van der Waals surface area contributed by atoms with E-state index >= 15 is 0 Å². The van der Waals surface area contributed by atoms with Crippen LogP contribution in [0, 0.1) is 19.1 Å². The second-order valence-electron chi connectivity index (χ2n) is 16.5.